The number of carbonyl (C=O) groups excluding carboxylic acids is 2. The standard InChI is InChI=1S/C22H24N2O3/c25-21(16-4-2-1-3-5-16)8-9-22(26)24-17-6-7-18(24)15-20(14-17)27-19-10-12-23-13-11-19/h1-5,10-13,17-18,20H,6-9,14-15H2. The molecule has 0 radical (unpaired) electrons. The Labute approximate surface area is 159 Å². The van der Waals surface area contributed by atoms with Crippen LogP contribution in [0.4, 0.5) is 0 Å². The van der Waals surface area contributed by atoms with Gasteiger partial charge in [-0.3, -0.25) is 14.6 Å². The first kappa shape index (κ1) is 17.7. The molecule has 0 saturated carbocycles. The lowest BCUT2D eigenvalue weighted by atomic mass is 9.98. The Balaban J connectivity index is 1.32. The van der Waals surface area contributed by atoms with E-state index < -0.39 is 0 Å². The number of Topliss-reactive ketones (excluding diaryl/α,β-unsaturated/α-hetero) is 1. The van der Waals surface area contributed by atoms with Crippen LogP contribution < -0.4 is 4.74 Å². The smallest absolute Gasteiger partial charge is 0.223 e. The first-order valence-electron chi connectivity index (χ1n) is 9.67. The number of hydrogen-bond acceptors (Lipinski definition) is 4. The van der Waals surface area contributed by atoms with Gasteiger partial charge in [0.2, 0.25) is 5.91 Å². The number of hydrogen-bond donors (Lipinski definition) is 0. The summed E-state index contributed by atoms with van der Waals surface area (Å²) in [5, 5.41) is 0. The normalized spacial score (nSPS) is 23.9. The van der Waals surface area contributed by atoms with E-state index in [1.807, 2.05) is 35.2 Å². The van der Waals surface area contributed by atoms with Crippen LogP contribution >= 0.6 is 0 Å². The van der Waals surface area contributed by atoms with Crippen molar-refractivity contribution in [1.82, 2.24) is 9.88 Å². The molecule has 2 aliphatic rings. The first-order chi connectivity index (χ1) is 13.2. The second kappa shape index (κ2) is 7.91. The molecule has 2 aliphatic heterocycles. The first-order valence-corrected chi connectivity index (χ1v) is 9.67. The minimum absolute atomic E-state index is 0.0344. The number of pyridine rings is 1. The molecule has 2 bridgehead atoms. The molecule has 0 N–H and O–H groups in total. The maximum atomic E-state index is 12.8. The van der Waals surface area contributed by atoms with Gasteiger partial charge in [0.05, 0.1) is 0 Å². The monoisotopic (exact) mass is 364 g/mol. The molecule has 0 aliphatic carbocycles. The van der Waals surface area contributed by atoms with Gasteiger partial charge in [-0.25, -0.2) is 0 Å². The van der Waals surface area contributed by atoms with E-state index in [0.29, 0.717) is 5.56 Å². The Bertz CT molecular complexity index is 780. The van der Waals surface area contributed by atoms with Crippen molar-refractivity contribution in [2.45, 2.75) is 56.7 Å². The Morgan fingerprint density at radius 3 is 2.30 bits per heavy atom. The molecule has 1 amide bonds. The summed E-state index contributed by atoms with van der Waals surface area (Å²) in [5.74, 6) is 0.976. The van der Waals surface area contributed by atoms with Gasteiger partial charge in [0.25, 0.3) is 0 Å². The van der Waals surface area contributed by atoms with Gasteiger partial charge in [-0.2, -0.15) is 0 Å². The second-order valence-electron chi connectivity index (χ2n) is 7.37. The SMILES string of the molecule is O=C(CCC(=O)N1C2CCC1CC(Oc1ccncc1)C2)c1ccccc1. The van der Waals surface area contributed by atoms with E-state index in [1.54, 1.807) is 24.5 Å². The Hall–Kier alpha value is -2.69. The summed E-state index contributed by atoms with van der Waals surface area (Å²) in [6.07, 6.45) is 7.93. The lowest BCUT2D eigenvalue weighted by Crippen LogP contribution is -2.49. The predicted molar refractivity (Wildman–Crippen MR) is 102 cm³/mol. The third-order valence-corrected chi connectivity index (χ3v) is 5.59. The molecule has 2 unspecified atom stereocenters. The lowest BCUT2D eigenvalue weighted by molar-refractivity contribution is -0.137. The average Bonchev–Trinajstić information content (AvgIpc) is 2.98. The number of ether oxygens (including phenoxy) is 1. The number of carbonyl (C=O) groups is 2. The van der Waals surface area contributed by atoms with E-state index in [-0.39, 0.29) is 42.7 Å². The van der Waals surface area contributed by atoms with E-state index in [2.05, 4.69) is 4.98 Å². The summed E-state index contributed by atoms with van der Waals surface area (Å²) in [6, 6.07) is 13.4. The number of rotatable bonds is 6. The number of ketones is 1. The van der Waals surface area contributed by atoms with Gasteiger partial charge >= 0.3 is 0 Å². The quantitative estimate of drug-likeness (QED) is 0.734. The van der Waals surface area contributed by atoms with Gasteiger partial charge in [-0.05, 0) is 25.0 Å². The van der Waals surface area contributed by atoms with Crippen molar-refractivity contribution in [2.24, 2.45) is 0 Å². The van der Waals surface area contributed by atoms with Crippen molar-refractivity contribution in [3.8, 4) is 5.75 Å². The van der Waals surface area contributed by atoms with Crippen molar-refractivity contribution >= 4 is 11.7 Å². The third kappa shape index (κ3) is 4.02. The number of nitrogens with zero attached hydrogens (tertiary/aromatic N) is 2. The molecule has 4 rings (SSSR count). The van der Waals surface area contributed by atoms with Crippen LogP contribution in [-0.2, 0) is 4.79 Å². The molecule has 27 heavy (non-hydrogen) atoms. The van der Waals surface area contributed by atoms with Gasteiger partial charge in [0.15, 0.2) is 5.78 Å². The highest BCUT2D eigenvalue weighted by Gasteiger charge is 2.43. The van der Waals surface area contributed by atoms with Crippen LogP contribution in [0, 0.1) is 0 Å². The number of benzene rings is 1. The highest BCUT2D eigenvalue weighted by atomic mass is 16.5. The Morgan fingerprint density at radius 2 is 1.63 bits per heavy atom. The largest absolute Gasteiger partial charge is 0.490 e. The van der Waals surface area contributed by atoms with Crippen LogP contribution in [-0.4, -0.2) is 39.8 Å². The summed E-state index contributed by atoms with van der Waals surface area (Å²) in [5.41, 5.74) is 0.678. The van der Waals surface area contributed by atoms with Crippen molar-refractivity contribution < 1.29 is 14.3 Å². The number of amides is 1. The van der Waals surface area contributed by atoms with Gasteiger partial charge in [0, 0.05) is 55.7 Å². The van der Waals surface area contributed by atoms with Crippen molar-refractivity contribution in [3.05, 3.63) is 60.4 Å². The molecule has 2 atom stereocenters. The molecular formula is C22H24N2O3. The minimum Gasteiger partial charge on any atom is -0.490 e. The predicted octanol–water partition coefficient (Wildman–Crippen LogP) is 3.65. The van der Waals surface area contributed by atoms with Gasteiger partial charge in [0.1, 0.15) is 11.9 Å². The molecule has 1 aromatic heterocycles. The molecule has 2 saturated heterocycles. The highest BCUT2D eigenvalue weighted by Crippen LogP contribution is 2.37. The summed E-state index contributed by atoms with van der Waals surface area (Å²) in [6.45, 7) is 0. The fraction of sp³-hybridized carbons (Fsp3) is 0.409. The lowest BCUT2D eigenvalue weighted by Gasteiger charge is -2.39. The molecule has 140 valence electrons. The van der Waals surface area contributed by atoms with Gasteiger partial charge in [-0.15, -0.1) is 0 Å². The van der Waals surface area contributed by atoms with Crippen molar-refractivity contribution in [1.29, 1.82) is 0 Å². The van der Waals surface area contributed by atoms with Gasteiger partial charge < -0.3 is 9.64 Å². The van der Waals surface area contributed by atoms with E-state index >= 15 is 0 Å². The topological polar surface area (TPSA) is 59.5 Å². The minimum atomic E-state index is 0.0344. The van der Waals surface area contributed by atoms with E-state index in [0.717, 1.165) is 31.4 Å². The summed E-state index contributed by atoms with van der Waals surface area (Å²) >= 11 is 0. The summed E-state index contributed by atoms with van der Waals surface area (Å²) < 4.78 is 6.09. The van der Waals surface area contributed by atoms with E-state index in [1.165, 1.54) is 0 Å². The average molecular weight is 364 g/mol. The summed E-state index contributed by atoms with van der Waals surface area (Å²) in [7, 11) is 0. The van der Waals surface area contributed by atoms with Gasteiger partial charge in [-0.1, -0.05) is 30.3 Å². The van der Waals surface area contributed by atoms with Crippen LogP contribution in [0.5, 0.6) is 5.75 Å². The zero-order chi connectivity index (χ0) is 18.6. The number of aromatic nitrogens is 1. The molecular weight excluding hydrogens is 340 g/mol. The molecule has 5 heteroatoms. The Morgan fingerprint density at radius 1 is 0.963 bits per heavy atom. The van der Waals surface area contributed by atoms with Crippen LogP contribution in [0.25, 0.3) is 0 Å². The molecule has 2 aromatic rings. The highest BCUT2D eigenvalue weighted by molar-refractivity contribution is 5.98. The zero-order valence-corrected chi connectivity index (χ0v) is 15.3. The fourth-order valence-corrected chi connectivity index (χ4v) is 4.36. The van der Waals surface area contributed by atoms with Crippen LogP contribution in [0.3, 0.4) is 0 Å². The molecule has 5 nitrogen and oxygen atoms in total. The maximum absolute atomic E-state index is 12.8. The maximum Gasteiger partial charge on any atom is 0.223 e. The molecule has 2 fully saturated rings. The Kier molecular flexibility index (Phi) is 5.19. The van der Waals surface area contributed by atoms with E-state index in [9.17, 15) is 9.59 Å². The van der Waals surface area contributed by atoms with E-state index in [4.69, 9.17) is 4.74 Å². The van der Waals surface area contributed by atoms with Crippen molar-refractivity contribution in [3.63, 3.8) is 0 Å². The zero-order valence-electron chi connectivity index (χ0n) is 15.3. The number of fused-ring (bicyclic) bond motifs is 2. The molecule has 1 aromatic carbocycles. The van der Waals surface area contributed by atoms with Crippen LogP contribution in [0.15, 0.2) is 54.9 Å². The summed E-state index contributed by atoms with van der Waals surface area (Å²) in [4.78, 5) is 31.1. The second-order valence-corrected chi connectivity index (χ2v) is 7.37. The molecule has 3 heterocycles. The molecule has 0 spiro atoms. The van der Waals surface area contributed by atoms with Crippen LogP contribution in [0.1, 0.15) is 48.9 Å². The third-order valence-electron chi connectivity index (χ3n) is 5.59. The van der Waals surface area contributed by atoms with Crippen molar-refractivity contribution in [2.75, 3.05) is 0 Å². The van der Waals surface area contributed by atoms with Crippen LogP contribution in [0.2, 0.25) is 0 Å². The fourth-order valence-electron chi connectivity index (χ4n) is 4.36. The number of piperidine rings is 1.